The topological polar surface area (TPSA) is 72.2 Å². The molecule has 1 aliphatic heterocycles. The largest absolute Gasteiger partial charge is 0.376 e. The lowest BCUT2D eigenvalue weighted by Gasteiger charge is -2.22. The first-order valence-corrected chi connectivity index (χ1v) is 5.08. The van der Waals surface area contributed by atoms with Crippen molar-refractivity contribution in [2.75, 3.05) is 0 Å². The summed E-state index contributed by atoms with van der Waals surface area (Å²) in [7, 11) is 6.04. The number of aromatic nitrogens is 3. The minimum absolute atomic E-state index is 0.508. The Morgan fingerprint density at radius 2 is 2.06 bits per heavy atom. The number of fused-ring (bicyclic) bond motifs is 1. The van der Waals surface area contributed by atoms with Gasteiger partial charge in [-0.05, 0) is 6.07 Å². The lowest BCUT2D eigenvalue weighted by atomic mass is 9.74. The molecular weight excluding hydrogens is 238 g/mol. The lowest BCUT2D eigenvalue weighted by molar-refractivity contribution is 0.334. The summed E-state index contributed by atoms with van der Waals surface area (Å²) < 4.78 is 13.8. The average molecular weight is 244 g/mol. The van der Waals surface area contributed by atoms with Crippen LogP contribution in [0.15, 0.2) is 38.8 Å². The van der Waals surface area contributed by atoms with Gasteiger partial charge in [-0.1, -0.05) is 27.5 Å². The maximum atomic E-state index is 13.1. The van der Waals surface area contributed by atoms with Crippen LogP contribution in [0.3, 0.4) is 0 Å². The van der Waals surface area contributed by atoms with Crippen LogP contribution >= 0.6 is 0 Å². The number of halogens is 1. The van der Waals surface area contributed by atoms with Crippen molar-refractivity contribution in [1.82, 2.24) is 14.6 Å². The van der Waals surface area contributed by atoms with Crippen LogP contribution in [-0.4, -0.2) is 28.6 Å². The Balaban J connectivity index is 2.31. The zero-order valence-corrected chi connectivity index (χ0v) is 9.00. The molecule has 0 spiro atoms. The number of rotatable bonds is 1. The fourth-order valence-corrected chi connectivity index (χ4v) is 1.95. The van der Waals surface area contributed by atoms with Crippen molar-refractivity contribution in [2.24, 2.45) is 4.99 Å². The van der Waals surface area contributed by atoms with Crippen LogP contribution in [0.5, 0.6) is 0 Å². The van der Waals surface area contributed by atoms with E-state index in [9.17, 15) is 14.1 Å². The molecule has 1 unspecified atom stereocenters. The molecule has 2 heterocycles. The van der Waals surface area contributed by atoms with Crippen molar-refractivity contribution in [3.05, 3.63) is 50.8 Å². The second-order valence-corrected chi connectivity index (χ2v) is 3.92. The molecule has 2 radical (unpaired) electrons. The van der Waals surface area contributed by atoms with Crippen LogP contribution in [0.1, 0.15) is 5.56 Å². The van der Waals surface area contributed by atoms with Gasteiger partial charge in [-0.25, -0.2) is 19.4 Å². The molecule has 1 aromatic carbocycles. The highest BCUT2D eigenvalue weighted by Crippen LogP contribution is 2.34. The third-order valence-electron chi connectivity index (χ3n) is 2.85. The van der Waals surface area contributed by atoms with Gasteiger partial charge in [0.2, 0.25) is 0 Å². The van der Waals surface area contributed by atoms with Gasteiger partial charge < -0.3 is 0 Å². The predicted molar refractivity (Wildman–Crippen MR) is 63.2 cm³/mol. The van der Waals surface area contributed by atoms with Gasteiger partial charge in [0.15, 0.2) is 0 Å². The van der Waals surface area contributed by atoms with Crippen LogP contribution in [0.25, 0.3) is 0 Å². The van der Waals surface area contributed by atoms with Crippen molar-refractivity contribution in [2.45, 2.75) is 5.44 Å². The molecule has 1 atom stereocenters. The molecule has 0 saturated heterocycles. The number of nitrogens with one attached hydrogen (secondary N) is 1. The van der Waals surface area contributed by atoms with Crippen LogP contribution in [-0.2, 0) is 5.44 Å². The summed E-state index contributed by atoms with van der Waals surface area (Å²) in [6.45, 7) is 0. The molecule has 2 aromatic rings. The van der Waals surface area contributed by atoms with E-state index in [0.717, 1.165) is 0 Å². The maximum absolute atomic E-state index is 13.1. The first-order chi connectivity index (χ1) is 8.54. The van der Waals surface area contributed by atoms with E-state index in [1.807, 2.05) is 0 Å². The van der Waals surface area contributed by atoms with Gasteiger partial charge in [-0.15, -0.1) is 0 Å². The molecule has 0 saturated carbocycles. The number of para-hydroxylation sites is 1. The SMILES string of the molecule is [B]C1(n2[nH]c(=O)n(F)c2=O)C=Nc2ccccc21. The summed E-state index contributed by atoms with van der Waals surface area (Å²) in [6.07, 6.45) is 1.29. The number of aliphatic imine (C=N–C) groups is 1. The van der Waals surface area contributed by atoms with Crippen LogP contribution < -0.4 is 11.4 Å². The molecule has 1 aliphatic rings. The van der Waals surface area contributed by atoms with Gasteiger partial charge in [-0.2, -0.15) is 0 Å². The Labute approximate surface area is 101 Å². The van der Waals surface area contributed by atoms with Gasteiger partial charge >= 0.3 is 11.4 Å². The van der Waals surface area contributed by atoms with E-state index in [1.54, 1.807) is 24.3 Å². The number of hydrogen-bond acceptors (Lipinski definition) is 3. The lowest BCUT2D eigenvalue weighted by Crippen LogP contribution is -2.43. The maximum Gasteiger partial charge on any atom is 0.376 e. The van der Waals surface area contributed by atoms with Gasteiger partial charge in [0, 0.05) is 11.8 Å². The summed E-state index contributed by atoms with van der Waals surface area (Å²) in [5.41, 5.74) is -2.76. The molecule has 0 aliphatic carbocycles. The number of aromatic amines is 1. The van der Waals surface area contributed by atoms with E-state index in [1.165, 1.54) is 6.21 Å². The van der Waals surface area contributed by atoms with E-state index < -0.39 is 21.6 Å². The smallest absolute Gasteiger partial charge is 0.259 e. The van der Waals surface area contributed by atoms with Gasteiger partial charge in [0.1, 0.15) is 7.85 Å². The zero-order valence-electron chi connectivity index (χ0n) is 9.00. The number of H-pyrrole nitrogens is 1. The second kappa shape index (κ2) is 3.31. The van der Waals surface area contributed by atoms with Crippen LogP contribution in [0.2, 0.25) is 0 Å². The Morgan fingerprint density at radius 3 is 2.72 bits per heavy atom. The Bertz CT molecular complexity index is 775. The average Bonchev–Trinajstić information content (AvgIpc) is 2.85. The first kappa shape index (κ1) is 10.8. The standard InChI is InChI=1S/C10H6BFN4O2/c11-10(16-9(18)15(12)8(17)14-16)5-13-7-4-2-1-3-6(7)10/h1-5H,(H,14,17). The Hall–Kier alpha value is -2.38. The molecular formula is C10H6BFN4O2. The van der Waals surface area contributed by atoms with Crippen molar-refractivity contribution >= 4 is 19.7 Å². The molecule has 0 fully saturated rings. The number of benzene rings is 1. The molecule has 1 aromatic heterocycles. The minimum Gasteiger partial charge on any atom is -0.259 e. The van der Waals surface area contributed by atoms with E-state index in [2.05, 4.69) is 10.1 Å². The van der Waals surface area contributed by atoms with Gasteiger partial charge in [0.05, 0.1) is 11.1 Å². The number of hydrogen-bond donors (Lipinski definition) is 1. The van der Waals surface area contributed by atoms with Crippen molar-refractivity contribution < 1.29 is 4.48 Å². The summed E-state index contributed by atoms with van der Waals surface area (Å²) in [6, 6.07) is 6.83. The monoisotopic (exact) mass is 244 g/mol. The Kier molecular flexibility index (Phi) is 1.98. The zero-order chi connectivity index (χ0) is 12.9. The summed E-state index contributed by atoms with van der Waals surface area (Å²) >= 11 is 0. The second-order valence-electron chi connectivity index (χ2n) is 3.92. The third-order valence-corrected chi connectivity index (χ3v) is 2.85. The van der Waals surface area contributed by atoms with Crippen molar-refractivity contribution in [3.8, 4) is 0 Å². The van der Waals surface area contributed by atoms with E-state index >= 15 is 0 Å². The fraction of sp³-hybridized carbons (Fsp3) is 0.100. The first-order valence-electron chi connectivity index (χ1n) is 5.08. The molecule has 6 nitrogen and oxygen atoms in total. The normalized spacial score (nSPS) is 21.2. The minimum atomic E-state index is -1.48. The van der Waals surface area contributed by atoms with Crippen LogP contribution in [0.4, 0.5) is 10.2 Å². The highest BCUT2D eigenvalue weighted by molar-refractivity contribution is 6.27. The van der Waals surface area contributed by atoms with Gasteiger partial charge in [-0.3, -0.25) is 4.99 Å². The van der Waals surface area contributed by atoms with E-state index in [4.69, 9.17) is 7.85 Å². The molecule has 0 bridgehead atoms. The predicted octanol–water partition coefficient (Wildman–Crippen LogP) is -0.344. The van der Waals surface area contributed by atoms with E-state index in [-0.39, 0.29) is 0 Å². The highest BCUT2D eigenvalue weighted by atomic mass is 19.2. The summed E-state index contributed by atoms with van der Waals surface area (Å²) in [5, 5.41) is 2.06. The third kappa shape index (κ3) is 1.20. The fourth-order valence-electron chi connectivity index (χ4n) is 1.95. The summed E-state index contributed by atoms with van der Waals surface area (Å²) in [5.74, 6) is 0. The molecule has 1 N–H and O–H groups in total. The van der Waals surface area contributed by atoms with Crippen molar-refractivity contribution in [3.63, 3.8) is 0 Å². The number of nitrogens with zero attached hydrogens (tertiary/aromatic N) is 3. The highest BCUT2D eigenvalue weighted by Gasteiger charge is 2.35. The van der Waals surface area contributed by atoms with Crippen molar-refractivity contribution in [1.29, 1.82) is 0 Å². The molecule has 8 heteroatoms. The molecule has 88 valence electrons. The van der Waals surface area contributed by atoms with E-state index in [0.29, 0.717) is 15.9 Å². The quantitative estimate of drug-likeness (QED) is 0.696. The van der Waals surface area contributed by atoms with Gasteiger partial charge in [0.25, 0.3) is 0 Å². The summed E-state index contributed by atoms with van der Waals surface area (Å²) in [4.78, 5) is 26.2. The molecule has 18 heavy (non-hydrogen) atoms. The molecule has 3 rings (SSSR count). The Morgan fingerprint density at radius 1 is 1.33 bits per heavy atom. The van der Waals surface area contributed by atoms with Crippen LogP contribution in [0, 0.1) is 0 Å². The molecule has 0 amide bonds.